The van der Waals surface area contributed by atoms with Gasteiger partial charge in [0.25, 0.3) is 0 Å². The standard InChI is InChI=1S/C36H32F6N6O2S2/c37-35(38,39)21-9-13-23(14-10-21)47-33(51)45-19-3-17-43-27-7-1-5-25-29(27)32(50)30-26(31(25)49)6-2-8-28(30)44-18-4-20-46-34(52)48-24-15-11-22(12-16-24)36(40,41)42/h1-2,5-16,43-44H,3-4,17-20H2,(H2,45,47,51)(H2,46,48,52). The minimum Gasteiger partial charge on any atom is -0.384 e. The number of thiocarbonyl (C=S) groups is 2. The molecule has 0 amide bonds. The van der Waals surface area contributed by atoms with Gasteiger partial charge in [-0.1, -0.05) is 24.3 Å². The van der Waals surface area contributed by atoms with E-state index >= 15 is 0 Å². The Labute approximate surface area is 305 Å². The number of nitrogens with one attached hydrogen (secondary N) is 6. The zero-order chi connectivity index (χ0) is 37.5. The fourth-order valence-corrected chi connectivity index (χ4v) is 5.84. The number of benzene rings is 4. The van der Waals surface area contributed by atoms with Crippen LogP contribution in [-0.4, -0.2) is 48.0 Å². The molecule has 272 valence electrons. The van der Waals surface area contributed by atoms with E-state index in [0.29, 0.717) is 61.8 Å². The molecule has 16 heteroatoms. The maximum Gasteiger partial charge on any atom is 0.416 e. The third-order valence-electron chi connectivity index (χ3n) is 7.92. The summed E-state index contributed by atoms with van der Waals surface area (Å²) in [4.78, 5) is 27.4. The molecule has 4 aromatic carbocycles. The molecule has 0 fully saturated rings. The van der Waals surface area contributed by atoms with Gasteiger partial charge in [-0.15, -0.1) is 0 Å². The molecule has 0 aliphatic heterocycles. The molecular formula is C36H32F6N6O2S2. The van der Waals surface area contributed by atoms with Gasteiger partial charge >= 0.3 is 12.4 Å². The Morgan fingerprint density at radius 3 is 1.27 bits per heavy atom. The third kappa shape index (κ3) is 9.55. The summed E-state index contributed by atoms with van der Waals surface area (Å²) in [6, 6.07) is 19.1. The van der Waals surface area contributed by atoms with E-state index in [1.165, 1.54) is 24.3 Å². The molecule has 5 rings (SSSR count). The molecule has 0 spiro atoms. The zero-order valence-electron chi connectivity index (χ0n) is 27.2. The fourth-order valence-electron chi connectivity index (χ4n) is 5.40. The molecular weight excluding hydrogens is 727 g/mol. The van der Waals surface area contributed by atoms with Crippen molar-refractivity contribution in [1.29, 1.82) is 0 Å². The number of carbonyl (C=O) groups is 2. The first kappa shape index (κ1) is 38.0. The molecule has 1 aliphatic carbocycles. The van der Waals surface area contributed by atoms with Crippen LogP contribution in [0.1, 0.15) is 55.8 Å². The number of carbonyl (C=O) groups excluding carboxylic acids is 2. The van der Waals surface area contributed by atoms with Crippen molar-refractivity contribution in [2.75, 3.05) is 47.4 Å². The van der Waals surface area contributed by atoms with Crippen molar-refractivity contribution in [1.82, 2.24) is 10.6 Å². The first-order valence-corrected chi connectivity index (χ1v) is 16.8. The van der Waals surface area contributed by atoms with Crippen LogP contribution < -0.4 is 31.9 Å². The number of rotatable bonds is 12. The van der Waals surface area contributed by atoms with E-state index < -0.39 is 23.5 Å². The van der Waals surface area contributed by atoms with Crippen LogP contribution in [-0.2, 0) is 12.4 Å². The van der Waals surface area contributed by atoms with E-state index in [1.54, 1.807) is 36.4 Å². The summed E-state index contributed by atoms with van der Waals surface area (Å²) in [6.45, 7) is 1.68. The van der Waals surface area contributed by atoms with Gasteiger partial charge < -0.3 is 31.9 Å². The summed E-state index contributed by atoms with van der Waals surface area (Å²) in [6.07, 6.45) is -7.74. The Bertz CT molecular complexity index is 1810. The predicted molar refractivity (Wildman–Crippen MR) is 197 cm³/mol. The van der Waals surface area contributed by atoms with Crippen LogP contribution in [0.15, 0.2) is 84.9 Å². The van der Waals surface area contributed by atoms with Crippen molar-refractivity contribution in [3.05, 3.63) is 118 Å². The summed E-state index contributed by atoms with van der Waals surface area (Å²) in [5.74, 6) is -0.587. The number of alkyl halides is 6. The zero-order valence-corrected chi connectivity index (χ0v) is 28.9. The first-order valence-electron chi connectivity index (χ1n) is 16.0. The SMILES string of the molecule is O=C1c2cccc(NCCCNC(=S)Nc3ccc(C(F)(F)F)cc3)c2C(=O)c2c(NCCCNC(=S)Nc3ccc(C(F)(F)F)cc3)cccc21. The lowest BCUT2D eigenvalue weighted by molar-refractivity contribution is -0.138. The van der Waals surface area contributed by atoms with Gasteiger partial charge in [0.1, 0.15) is 0 Å². The second-order valence-corrected chi connectivity index (χ2v) is 12.4. The number of anilines is 4. The van der Waals surface area contributed by atoms with Crippen LogP contribution in [0.4, 0.5) is 49.1 Å². The Hall–Kier alpha value is -5.22. The van der Waals surface area contributed by atoms with Gasteiger partial charge in [-0.2, -0.15) is 26.3 Å². The maximum atomic E-state index is 13.9. The smallest absolute Gasteiger partial charge is 0.384 e. The van der Waals surface area contributed by atoms with Crippen LogP contribution in [0.25, 0.3) is 0 Å². The summed E-state index contributed by atoms with van der Waals surface area (Å²) < 4.78 is 76.8. The van der Waals surface area contributed by atoms with Gasteiger partial charge in [0, 0.05) is 60.1 Å². The van der Waals surface area contributed by atoms with Gasteiger partial charge in [0.05, 0.1) is 22.3 Å². The van der Waals surface area contributed by atoms with E-state index in [0.717, 1.165) is 24.3 Å². The van der Waals surface area contributed by atoms with Gasteiger partial charge in [-0.05, 0) is 97.9 Å². The lowest BCUT2D eigenvalue weighted by atomic mass is 9.82. The van der Waals surface area contributed by atoms with E-state index in [-0.39, 0.29) is 44.0 Å². The molecule has 0 atom stereocenters. The molecule has 0 unspecified atom stereocenters. The Balaban J connectivity index is 1.11. The lowest BCUT2D eigenvalue weighted by Gasteiger charge is -2.23. The fraction of sp³-hybridized carbons (Fsp3) is 0.222. The molecule has 0 bridgehead atoms. The van der Waals surface area contributed by atoms with Crippen molar-refractivity contribution in [3.8, 4) is 0 Å². The second-order valence-electron chi connectivity index (χ2n) is 11.6. The molecule has 0 radical (unpaired) electrons. The monoisotopic (exact) mass is 758 g/mol. The molecule has 4 aromatic rings. The van der Waals surface area contributed by atoms with E-state index in [9.17, 15) is 35.9 Å². The number of halogens is 6. The van der Waals surface area contributed by atoms with Crippen molar-refractivity contribution in [3.63, 3.8) is 0 Å². The van der Waals surface area contributed by atoms with Gasteiger partial charge in [0.15, 0.2) is 21.8 Å². The highest BCUT2D eigenvalue weighted by atomic mass is 32.1. The van der Waals surface area contributed by atoms with Gasteiger partial charge in [-0.25, -0.2) is 0 Å². The quantitative estimate of drug-likeness (QED) is 0.0425. The highest BCUT2D eigenvalue weighted by Crippen LogP contribution is 2.36. The van der Waals surface area contributed by atoms with Crippen molar-refractivity contribution < 1.29 is 35.9 Å². The van der Waals surface area contributed by atoms with E-state index in [2.05, 4.69) is 31.9 Å². The summed E-state index contributed by atoms with van der Waals surface area (Å²) in [5.41, 5.74) is 1.41. The normalized spacial score (nSPS) is 12.3. The average Bonchev–Trinajstić information content (AvgIpc) is 3.09. The molecule has 0 saturated heterocycles. The Morgan fingerprint density at radius 1 is 0.519 bits per heavy atom. The van der Waals surface area contributed by atoms with Crippen molar-refractivity contribution in [2.24, 2.45) is 0 Å². The molecule has 0 aromatic heterocycles. The van der Waals surface area contributed by atoms with Crippen LogP contribution in [0, 0.1) is 0 Å². The molecule has 0 saturated carbocycles. The number of hydrogen-bond donors (Lipinski definition) is 6. The molecule has 6 N–H and O–H groups in total. The second kappa shape index (κ2) is 16.4. The predicted octanol–water partition coefficient (Wildman–Crippen LogP) is 8.08. The van der Waals surface area contributed by atoms with Gasteiger partial charge in [0.2, 0.25) is 0 Å². The Kier molecular flexibility index (Phi) is 12.0. The maximum absolute atomic E-state index is 13.9. The average molecular weight is 759 g/mol. The largest absolute Gasteiger partial charge is 0.416 e. The van der Waals surface area contributed by atoms with Crippen LogP contribution in [0.5, 0.6) is 0 Å². The first-order chi connectivity index (χ1) is 24.7. The van der Waals surface area contributed by atoms with E-state index in [1.807, 2.05) is 0 Å². The van der Waals surface area contributed by atoms with Crippen molar-refractivity contribution in [2.45, 2.75) is 25.2 Å². The van der Waals surface area contributed by atoms with Gasteiger partial charge in [-0.3, -0.25) is 9.59 Å². The van der Waals surface area contributed by atoms with E-state index in [4.69, 9.17) is 24.4 Å². The third-order valence-corrected chi connectivity index (χ3v) is 8.41. The molecule has 0 heterocycles. The molecule has 8 nitrogen and oxygen atoms in total. The summed E-state index contributed by atoms with van der Waals surface area (Å²) in [7, 11) is 0. The topological polar surface area (TPSA) is 106 Å². The summed E-state index contributed by atoms with van der Waals surface area (Å²) in [5, 5.41) is 18.6. The van der Waals surface area contributed by atoms with Crippen LogP contribution in [0.2, 0.25) is 0 Å². The minimum atomic E-state index is -4.43. The van der Waals surface area contributed by atoms with Crippen molar-refractivity contribution >= 4 is 69.0 Å². The highest BCUT2D eigenvalue weighted by Gasteiger charge is 2.34. The number of ketones is 2. The Morgan fingerprint density at radius 2 is 0.904 bits per heavy atom. The lowest BCUT2D eigenvalue weighted by Crippen LogP contribution is -2.30. The number of hydrogen-bond acceptors (Lipinski definition) is 6. The van der Waals surface area contributed by atoms with Crippen LogP contribution in [0.3, 0.4) is 0 Å². The highest BCUT2D eigenvalue weighted by molar-refractivity contribution is 7.80. The van der Waals surface area contributed by atoms with Crippen LogP contribution >= 0.6 is 24.4 Å². The summed E-state index contributed by atoms with van der Waals surface area (Å²) >= 11 is 10.5. The molecule has 1 aliphatic rings. The minimum absolute atomic E-state index is 0.238. The number of fused-ring (bicyclic) bond motifs is 2. The molecule has 52 heavy (non-hydrogen) atoms.